The Kier molecular flexibility index (Phi) is 2.45. The molecule has 1 N–H and O–H groups in total. The van der Waals surface area contributed by atoms with Gasteiger partial charge in [0, 0.05) is 36.7 Å². The molecule has 0 aromatic carbocycles. The van der Waals surface area contributed by atoms with E-state index in [9.17, 15) is 0 Å². The topological polar surface area (TPSA) is 77.2 Å². The van der Waals surface area contributed by atoms with Crippen LogP contribution in [-0.4, -0.2) is 34.7 Å². The average Bonchev–Trinajstić information content (AvgIpc) is 2.93. The fourth-order valence-corrected chi connectivity index (χ4v) is 2.51. The number of H-pyrrole nitrogens is 1. The summed E-state index contributed by atoms with van der Waals surface area (Å²) >= 11 is 0. The predicted molar refractivity (Wildman–Crippen MR) is 71.5 cm³/mol. The van der Waals surface area contributed by atoms with E-state index in [0.29, 0.717) is 0 Å². The summed E-state index contributed by atoms with van der Waals surface area (Å²) in [4.78, 5) is 7.23. The SMILES string of the molecule is c1cnn(CC2(Cn3cc(-c4ncc[nH]4)nn3)CC2)c1. The second-order valence-corrected chi connectivity index (χ2v) is 5.44. The maximum absolute atomic E-state index is 4.29. The molecule has 0 bridgehead atoms. The van der Waals surface area contributed by atoms with Crippen molar-refractivity contribution in [3.8, 4) is 11.5 Å². The number of nitrogens with zero attached hydrogens (tertiary/aromatic N) is 6. The van der Waals surface area contributed by atoms with Gasteiger partial charge in [-0.05, 0) is 18.9 Å². The third-order valence-electron chi connectivity index (χ3n) is 3.79. The van der Waals surface area contributed by atoms with Crippen molar-refractivity contribution in [2.75, 3.05) is 0 Å². The van der Waals surface area contributed by atoms with Crippen molar-refractivity contribution >= 4 is 0 Å². The fraction of sp³-hybridized carbons (Fsp3) is 0.385. The molecule has 0 spiro atoms. The number of hydrogen-bond donors (Lipinski definition) is 1. The first-order valence-electron chi connectivity index (χ1n) is 6.70. The van der Waals surface area contributed by atoms with Crippen LogP contribution in [0.25, 0.3) is 11.5 Å². The summed E-state index contributed by atoms with van der Waals surface area (Å²) in [5.74, 6) is 0.758. The number of nitrogens with one attached hydrogen (secondary N) is 1. The van der Waals surface area contributed by atoms with Crippen molar-refractivity contribution in [3.63, 3.8) is 0 Å². The molecule has 1 saturated carbocycles. The molecule has 7 heteroatoms. The van der Waals surface area contributed by atoms with Crippen LogP contribution in [0.4, 0.5) is 0 Å². The van der Waals surface area contributed by atoms with E-state index in [1.165, 1.54) is 12.8 Å². The summed E-state index contributed by atoms with van der Waals surface area (Å²) in [7, 11) is 0. The Morgan fingerprint density at radius 1 is 1.20 bits per heavy atom. The molecule has 102 valence electrons. The number of aromatic amines is 1. The molecule has 0 aliphatic heterocycles. The molecule has 0 radical (unpaired) electrons. The molecule has 0 atom stereocenters. The molecule has 0 amide bonds. The Labute approximate surface area is 115 Å². The number of imidazole rings is 1. The van der Waals surface area contributed by atoms with Gasteiger partial charge in [0.25, 0.3) is 0 Å². The fourth-order valence-electron chi connectivity index (χ4n) is 2.51. The van der Waals surface area contributed by atoms with Gasteiger partial charge in [0.1, 0.15) is 5.69 Å². The van der Waals surface area contributed by atoms with Gasteiger partial charge < -0.3 is 4.98 Å². The van der Waals surface area contributed by atoms with Gasteiger partial charge in [0.15, 0.2) is 5.82 Å². The number of rotatable bonds is 5. The Morgan fingerprint density at radius 2 is 2.10 bits per heavy atom. The zero-order chi connectivity index (χ0) is 13.4. The smallest absolute Gasteiger partial charge is 0.159 e. The van der Waals surface area contributed by atoms with Gasteiger partial charge in [0.05, 0.1) is 12.7 Å². The molecule has 3 heterocycles. The van der Waals surface area contributed by atoms with E-state index < -0.39 is 0 Å². The van der Waals surface area contributed by atoms with E-state index in [4.69, 9.17) is 0 Å². The summed E-state index contributed by atoms with van der Waals surface area (Å²) < 4.78 is 3.91. The Morgan fingerprint density at radius 3 is 2.80 bits per heavy atom. The van der Waals surface area contributed by atoms with E-state index in [0.717, 1.165) is 24.6 Å². The van der Waals surface area contributed by atoms with Crippen molar-refractivity contribution < 1.29 is 0 Å². The minimum atomic E-state index is 0.278. The van der Waals surface area contributed by atoms with Crippen LogP contribution in [0.15, 0.2) is 37.1 Å². The van der Waals surface area contributed by atoms with Crippen LogP contribution >= 0.6 is 0 Å². The van der Waals surface area contributed by atoms with E-state index >= 15 is 0 Å². The quantitative estimate of drug-likeness (QED) is 0.758. The highest BCUT2D eigenvalue weighted by Gasteiger charge is 2.43. The Hall–Kier alpha value is -2.44. The Bertz CT molecular complexity index is 676. The molecule has 1 aliphatic rings. The molecule has 0 saturated heterocycles. The van der Waals surface area contributed by atoms with Crippen LogP contribution in [0.1, 0.15) is 12.8 Å². The van der Waals surface area contributed by atoms with E-state index in [1.807, 2.05) is 34.0 Å². The molecule has 1 aliphatic carbocycles. The van der Waals surface area contributed by atoms with Gasteiger partial charge in [-0.15, -0.1) is 5.10 Å². The summed E-state index contributed by atoms with van der Waals surface area (Å²) in [6.07, 6.45) is 11.7. The van der Waals surface area contributed by atoms with Gasteiger partial charge in [-0.25, -0.2) is 4.98 Å². The van der Waals surface area contributed by atoms with E-state index in [2.05, 4.69) is 25.4 Å². The lowest BCUT2D eigenvalue weighted by atomic mass is 10.1. The zero-order valence-electron chi connectivity index (χ0n) is 11.0. The highest BCUT2D eigenvalue weighted by molar-refractivity contribution is 5.45. The molecular formula is C13H15N7. The van der Waals surface area contributed by atoms with E-state index in [-0.39, 0.29) is 5.41 Å². The van der Waals surface area contributed by atoms with Crippen LogP contribution in [-0.2, 0) is 13.1 Å². The van der Waals surface area contributed by atoms with Gasteiger partial charge >= 0.3 is 0 Å². The van der Waals surface area contributed by atoms with Crippen molar-refractivity contribution in [3.05, 3.63) is 37.1 Å². The van der Waals surface area contributed by atoms with Gasteiger partial charge in [-0.1, -0.05) is 5.21 Å². The van der Waals surface area contributed by atoms with Crippen LogP contribution in [0.2, 0.25) is 0 Å². The minimum Gasteiger partial charge on any atom is -0.343 e. The summed E-state index contributed by atoms with van der Waals surface area (Å²) in [6.45, 7) is 1.82. The van der Waals surface area contributed by atoms with Crippen molar-refractivity contribution in [1.29, 1.82) is 0 Å². The molecule has 3 aromatic rings. The lowest BCUT2D eigenvalue weighted by Crippen LogP contribution is -2.19. The van der Waals surface area contributed by atoms with Crippen LogP contribution in [0.5, 0.6) is 0 Å². The second-order valence-electron chi connectivity index (χ2n) is 5.44. The summed E-state index contributed by atoms with van der Waals surface area (Å²) in [5.41, 5.74) is 1.06. The van der Waals surface area contributed by atoms with Crippen molar-refractivity contribution in [1.82, 2.24) is 34.7 Å². The van der Waals surface area contributed by atoms with Crippen LogP contribution < -0.4 is 0 Å². The van der Waals surface area contributed by atoms with Crippen molar-refractivity contribution in [2.24, 2.45) is 5.41 Å². The van der Waals surface area contributed by atoms with Crippen LogP contribution in [0.3, 0.4) is 0 Å². The minimum absolute atomic E-state index is 0.278. The maximum atomic E-state index is 4.29. The first kappa shape index (κ1) is 11.4. The molecule has 4 rings (SSSR count). The summed E-state index contributed by atoms with van der Waals surface area (Å²) in [6, 6.07) is 1.96. The summed E-state index contributed by atoms with van der Waals surface area (Å²) in [5, 5.41) is 12.7. The Balaban J connectivity index is 1.49. The third kappa shape index (κ3) is 2.11. The molecule has 20 heavy (non-hydrogen) atoms. The van der Waals surface area contributed by atoms with Crippen LogP contribution in [0, 0.1) is 5.41 Å². The second kappa shape index (κ2) is 4.29. The molecule has 1 fully saturated rings. The average molecular weight is 269 g/mol. The number of aromatic nitrogens is 7. The standard InChI is InChI=1S/C13H15N7/c1-4-16-19(7-1)9-13(2-3-13)10-20-8-11(17-18-20)12-14-5-6-15-12/h1,4-8H,2-3,9-10H2,(H,14,15). The van der Waals surface area contributed by atoms with Gasteiger partial charge in [0.2, 0.25) is 0 Å². The lowest BCUT2D eigenvalue weighted by molar-refractivity contribution is 0.326. The third-order valence-corrected chi connectivity index (χ3v) is 3.79. The predicted octanol–water partition coefficient (Wildman–Crippen LogP) is 1.35. The van der Waals surface area contributed by atoms with Gasteiger partial charge in [-0.3, -0.25) is 9.36 Å². The first-order valence-corrected chi connectivity index (χ1v) is 6.70. The van der Waals surface area contributed by atoms with Crippen molar-refractivity contribution in [2.45, 2.75) is 25.9 Å². The lowest BCUT2D eigenvalue weighted by Gasteiger charge is -2.14. The number of hydrogen-bond acceptors (Lipinski definition) is 4. The molecular weight excluding hydrogens is 254 g/mol. The molecule has 7 nitrogen and oxygen atoms in total. The normalized spacial score (nSPS) is 16.4. The monoisotopic (exact) mass is 269 g/mol. The van der Waals surface area contributed by atoms with Gasteiger partial charge in [-0.2, -0.15) is 5.10 Å². The first-order chi connectivity index (χ1) is 9.83. The maximum Gasteiger partial charge on any atom is 0.159 e. The zero-order valence-corrected chi connectivity index (χ0v) is 11.0. The largest absolute Gasteiger partial charge is 0.343 e. The molecule has 3 aromatic heterocycles. The highest BCUT2D eigenvalue weighted by atomic mass is 15.4. The molecule has 0 unspecified atom stereocenters. The highest BCUT2D eigenvalue weighted by Crippen LogP contribution is 2.48. The van der Waals surface area contributed by atoms with E-state index in [1.54, 1.807) is 12.4 Å².